The van der Waals surface area contributed by atoms with Crippen molar-refractivity contribution < 1.29 is 19.5 Å². The lowest BCUT2D eigenvalue weighted by Crippen LogP contribution is -2.58. The molecule has 1 saturated heterocycles. The van der Waals surface area contributed by atoms with Gasteiger partial charge in [-0.15, -0.1) is 11.3 Å². The maximum atomic E-state index is 11.6. The number of thiazole rings is 1. The highest BCUT2D eigenvalue weighted by Gasteiger charge is 2.52. The highest BCUT2D eigenvalue weighted by molar-refractivity contribution is 8.01. The zero-order chi connectivity index (χ0) is 16.1. The van der Waals surface area contributed by atoms with Crippen LogP contribution in [0.1, 0.15) is 19.0 Å². The fourth-order valence-electron chi connectivity index (χ4n) is 2.43. The van der Waals surface area contributed by atoms with Crippen LogP contribution in [0, 0.1) is 0 Å². The summed E-state index contributed by atoms with van der Waals surface area (Å²) in [6.45, 7) is 1.34. The number of hydrogen-bond acceptors (Lipinski definition) is 7. The number of carboxylic acid groups (broad SMARTS) is 1. The molecule has 0 aromatic carbocycles. The van der Waals surface area contributed by atoms with Gasteiger partial charge in [-0.3, -0.25) is 14.5 Å². The van der Waals surface area contributed by atoms with E-state index in [1.54, 1.807) is 5.38 Å². The van der Waals surface area contributed by atoms with E-state index in [1.807, 2.05) is 0 Å². The molecule has 2 aliphatic heterocycles. The van der Waals surface area contributed by atoms with Gasteiger partial charge in [-0.05, 0) is 6.08 Å². The second-order valence-corrected chi connectivity index (χ2v) is 7.18. The maximum absolute atomic E-state index is 11.6. The van der Waals surface area contributed by atoms with Gasteiger partial charge < -0.3 is 16.2 Å². The predicted molar refractivity (Wildman–Crippen MR) is 80.6 cm³/mol. The first-order valence-electron chi connectivity index (χ1n) is 6.28. The Balaban J connectivity index is 2.13. The standard InChI is InChI=1S/C12H12N4O4S2/c1-5(17)15-12(7-4-21-11(13)14-7)3-6(10(19)20)16-8(18)2-9(16)22-12/h3-4,9H,2H2,1H3,(H2,13,14)(H,15,17)(H,19,20)/t9-,12?/m1/s1. The molecule has 3 rings (SSSR count). The number of aliphatic carboxylic acids is 1. The fourth-order valence-corrected chi connectivity index (χ4v) is 4.73. The molecule has 116 valence electrons. The van der Waals surface area contributed by atoms with Gasteiger partial charge in [0.1, 0.15) is 5.70 Å². The van der Waals surface area contributed by atoms with E-state index in [2.05, 4.69) is 10.3 Å². The van der Waals surface area contributed by atoms with Crippen LogP contribution in [0.15, 0.2) is 17.2 Å². The Morgan fingerprint density at radius 3 is 2.82 bits per heavy atom. The molecule has 0 saturated carbocycles. The second-order valence-electron chi connectivity index (χ2n) is 4.86. The number of rotatable bonds is 3. The Morgan fingerprint density at radius 2 is 2.32 bits per heavy atom. The van der Waals surface area contributed by atoms with Crippen molar-refractivity contribution in [1.29, 1.82) is 0 Å². The van der Waals surface area contributed by atoms with Gasteiger partial charge in [-0.1, -0.05) is 11.8 Å². The smallest absolute Gasteiger partial charge is 0.352 e. The second kappa shape index (κ2) is 4.99. The molecular formula is C12H12N4O4S2. The molecule has 8 nitrogen and oxygen atoms in total. The van der Waals surface area contributed by atoms with Gasteiger partial charge in [0.25, 0.3) is 0 Å². The topological polar surface area (TPSA) is 126 Å². The number of β-lactam (4-membered cyclic amide) rings is 1. The third-order valence-corrected chi connectivity index (χ3v) is 5.43. The summed E-state index contributed by atoms with van der Waals surface area (Å²) in [5, 5.41) is 13.8. The molecular weight excluding hydrogens is 328 g/mol. The Bertz CT molecular complexity index is 716. The van der Waals surface area contributed by atoms with Crippen LogP contribution in [0.25, 0.3) is 0 Å². The molecule has 2 aliphatic rings. The van der Waals surface area contributed by atoms with E-state index in [9.17, 15) is 19.5 Å². The van der Waals surface area contributed by atoms with Crippen LogP contribution >= 0.6 is 23.1 Å². The molecule has 1 aromatic rings. The minimum Gasteiger partial charge on any atom is -0.477 e. The van der Waals surface area contributed by atoms with Crippen molar-refractivity contribution in [3.05, 3.63) is 22.8 Å². The number of carboxylic acids is 1. The number of nitrogens with zero attached hydrogens (tertiary/aromatic N) is 2. The number of nitrogens with one attached hydrogen (secondary N) is 1. The summed E-state index contributed by atoms with van der Waals surface area (Å²) in [7, 11) is 0. The van der Waals surface area contributed by atoms with Crippen molar-refractivity contribution in [3.8, 4) is 0 Å². The van der Waals surface area contributed by atoms with E-state index in [4.69, 9.17) is 5.73 Å². The SMILES string of the molecule is CC(=O)NC1(c2csc(N)n2)C=C(C(=O)O)N2C(=O)C[C@H]2S1. The van der Waals surface area contributed by atoms with Gasteiger partial charge in [-0.25, -0.2) is 9.78 Å². The maximum Gasteiger partial charge on any atom is 0.352 e. The van der Waals surface area contributed by atoms with Crippen LogP contribution in [0.5, 0.6) is 0 Å². The fraction of sp³-hybridized carbons (Fsp3) is 0.333. The Morgan fingerprint density at radius 1 is 1.59 bits per heavy atom. The van der Waals surface area contributed by atoms with Gasteiger partial charge in [0.2, 0.25) is 11.8 Å². The number of hydrogen-bond donors (Lipinski definition) is 3. The zero-order valence-electron chi connectivity index (χ0n) is 11.4. The summed E-state index contributed by atoms with van der Waals surface area (Å²) in [5.41, 5.74) is 5.95. The molecule has 0 radical (unpaired) electrons. The number of anilines is 1. The highest BCUT2D eigenvalue weighted by atomic mass is 32.2. The average Bonchev–Trinajstić information content (AvgIpc) is 2.83. The molecule has 1 aromatic heterocycles. The molecule has 2 amide bonds. The van der Waals surface area contributed by atoms with E-state index in [-0.39, 0.29) is 29.3 Å². The van der Waals surface area contributed by atoms with Crippen LogP contribution in [0.4, 0.5) is 5.13 Å². The molecule has 3 heterocycles. The summed E-state index contributed by atoms with van der Waals surface area (Å²) in [6, 6.07) is 0. The number of fused-ring (bicyclic) bond motifs is 1. The van der Waals surface area contributed by atoms with Crippen molar-refractivity contribution >= 4 is 46.0 Å². The van der Waals surface area contributed by atoms with Gasteiger partial charge in [0.05, 0.1) is 17.5 Å². The largest absolute Gasteiger partial charge is 0.477 e. The minimum absolute atomic E-state index is 0.152. The lowest BCUT2D eigenvalue weighted by Gasteiger charge is -2.48. The van der Waals surface area contributed by atoms with Crippen LogP contribution in [0.2, 0.25) is 0 Å². The van der Waals surface area contributed by atoms with Crippen LogP contribution in [-0.4, -0.2) is 38.1 Å². The van der Waals surface area contributed by atoms with Gasteiger partial charge >= 0.3 is 5.97 Å². The molecule has 0 spiro atoms. The van der Waals surface area contributed by atoms with Crippen LogP contribution in [-0.2, 0) is 19.3 Å². The number of carbonyl (C=O) groups is 3. The predicted octanol–water partition coefficient (Wildman–Crippen LogP) is 0.288. The third kappa shape index (κ3) is 2.24. The molecule has 4 N–H and O–H groups in total. The molecule has 0 aliphatic carbocycles. The van der Waals surface area contributed by atoms with Crippen molar-refractivity contribution in [3.63, 3.8) is 0 Å². The van der Waals surface area contributed by atoms with Crippen molar-refractivity contribution in [2.75, 3.05) is 5.73 Å². The molecule has 2 atom stereocenters. The van der Waals surface area contributed by atoms with E-state index < -0.39 is 10.8 Å². The lowest BCUT2D eigenvalue weighted by molar-refractivity contribution is -0.146. The molecule has 0 bridgehead atoms. The Hall–Kier alpha value is -2.07. The van der Waals surface area contributed by atoms with E-state index in [1.165, 1.54) is 41.0 Å². The van der Waals surface area contributed by atoms with Gasteiger partial charge in [0, 0.05) is 12.3 Å². The molecule has 1 fully saturated rings. The van der Waals surface area contributed by atoms with Crippen LogP contribution < -0.4 is 11.1 Å². The van der Waals surface area contributed by atoms with E-state index in [0.29, 0.717) is 10.8 Å². The first-order chi connectivity index (χ1) is 10.3. The summed E-state index contributed by atoms with van der Waals surface area (Å²) in [4.78, 5) is 39.0. The molecule has 10 heteroatoms. The summed E-state index contributed by atoms with van der Waals surface area (Å²) >= 11 is 2.47. The number of nitrogen functional groups attached to an aromatic ring is 1. The van der Waals surface area contributed by atoms with E-state index >= 15 is 0 Å². The zero-order valence-corrected chi connectivity index (χ0v) is 13.0. The van der Waals surface area contributed by atoms with Gasteiger partial charge in [0.15, 0.2) is 10.0 Å². The van der Waals surface area contributed by atoms with Gasteiger partial charge in [-0.2, -0.15) is 0 Å². The number of aromatic nitrogens is 1. The summed E-state index contributed by atoms with van der Waals surface area (Å²) in [5.74, 6) is -1.81. The first-order valence-corrected chi connectivity index (χ1v) is 8.04. The monoisotopic (exact) mass is 340 g/mol. The number of amides is 2. The van der Waals surface area contributed by atoms with Crippen LogP contribution in [0.3, 0.4) is 0 Å². The molecule has 22 heavy (non-hydrogen) atoms. The van der Waals surface area contributed by atoms with Crippen molar-refractivity contribution in [1.82, 2.24) is 15.2 Å². The Kier molecular flexibility index (Phi) is 3.37. The highest BCUT2D eigenvalue weighted by Crippen LogP contribution is 2.50. The summed E-state index contributed by atoms with van der Waals surface area (Å²) in [6.07, 6.45) is 1.57. The number of nitrogens with two attached hydrogens (primary N) is 1. The average molecular weight is 340 g/mol. The van der Waals surface area contributed by atoms with Crippen molar-refractivity contribution in [2.24, 2.45) is 0 Å². The number of carbonyl (C=O) groups excluding carboxylic acids is 2. The minimum atomic E-state index is -1.23. The normalized spacial score (nSPS) is 26.8. The molecule has 1 unspecified atom stereocenters. The Labute approximate surface area is 133 Å². The quantitative estimate of drug-likeness (QED) is 0.675. The summed E-state index contributed by atoms with van der Waals surface area (Å²) < 4.78 is 0. The van der Waals surface area contributed by atoms with Crippen molar-refractivity contribution in [2.45, 2.75) is 23.6 Å². The van der Waals surface area contributed by atoms with E-state index in [0.717, 1.165) is 0 Å². The lowest BCUT2D eigenvalue weighted by atomic mass is 10.1. The first kappa shape index (κ1) is 14.9. The number of thioether (sulfide) groups is 1. The third-order valence-electron chi connectivity index (χ3n) is 3.31.